The highest BCUT2D eigenvalue weighted by molar-refractivity contribution is 5.73. The molecule has 1 fully saturated rings. The van der Waals surface area contributed by atoms with Crippen LogP contribution in [0.5, 0.6) is 0 Å². The van der Waals surface area contributed by atoms with Gasteiger partial charge in [0.1, 0.15) is 6.04 Å². The first kappa shape index (κ1) is 11.5. The molecule has 14 heavy (non-hydrogen) atoms. The first-order valence-electron chi connectivity index (χ1n) is 5.72. The second kappa shape index (κ2) is 6.02. The Morgan fingerprint density at radius 2 is 2.21 bits per heavy atom. The summed E-state index contributed by atoms with van der Waals surface area (Å²) in [6.07, 6.45) is 6.62. The molecule has 3 nitrogen and oxygen atoms in total. The van der Waals surface area contributed by atoms with Crippen molar-refractivity contribution in [3.05, 3.63) is 0 Å². The molecule has 0 spiro atoms. The Morgan fingerprint density at radius 1 is 1.43 bits per heavy atom. The van der Waals surface area contributed by atoms with Gasteiger partial charge >= 0.3 is 5.97 Å². The third kappa shape index (κ3) is 3.29. The number of hydrogen-bond acceptors (Lipinski definition) is 2. The molecule has 0 saturated carbocycles. The van der Waals surface area contributed by atoms with E-state index >= 15 is 0 Å². The van der Waals surface area contributed by atoms with Crippen molar-refractivity contribution in [2.45, 2.75) is 51.5 Å². The number of carbonyl (C=O) groups is 1. The Kier molecular flexibility index (Phi) is 4.94. The van der Waals surface area contributed by atoms with Gasteiger partial charge in [-0.2, -0.15) is 0 Å². The van der Waals surface area contributed by atoms with Crippen LogP contribution in [0.25, 0.3) is 0 Å². The quantitative estimate of drug-likeness (QED) is 0.689. The number of nitrogens with zero attached hydrogens (tertiary/aromatic N) is 1. The van der Waals surface area contributed by atoms with E-state index in [2.05, 4.69) is 11.8 Å². The van der Waals surface area contributed by atoms with Crippen molar-refractivity contribution in [2.75, 3.05) is 13.1 Å². The Labute approximate surface area is 86.1 Å². The zero-order chi connectivity index (χ0) is 10.4. The normalized spacial score (nSPS) is 23.6. The van der Waals surface area contributed by atoms with Crippen molar-refractivity contribution < 1.29 is 9.90 Å². The van der Waals surface area contributed by atoms with E-state index in [0.29, 0.717) is 0 Å². The predicted octanol–water partition coefficient (Wildman–Crippen LogP) is 2.12. The van der Waals surface area contributed by atoms with Gasteiger partial charge in [-0.25, -0.2) is 0 Å². The first-order chi connectivity index (χ1) is 6.75. The van der Waals surface area contributed by atoms with Crippen molar-refractivity contribution in [1.29, 1.82) is 0 Å². The first-order valence-corrected chi connectivity index (χ1v) is 5.72. The fourth-order valence-corrected chi connectivity index (χ4v) is 2.10. The summed E-state index contributed by atoms with van der Waals surface area (Å²) in [7, 11) is 0. The maximum atomic E-state index is 11.0. The lowest BCUT2D eigenvalue weighted by atomic mass is 10.0. The second-order valence-electron chi connectivity index (χ2n) is 4.09. The molecule has 0 aromatic rings. The van der Waals surface area contributed by atoms with Crippen LogP contribution in [-0.2, 0) is 4.79 Å². The average Bonchev–Trinajstić information content (AvgIpc) is 2.19. The fourth-order valence-electron chi connectivity index (χ4n) is 2.10. The van der Waals surface area contributed by atoms with E-state index in [1.807, 2.05) is 0 Å². The van der Waals surface area contributed by atoms with Gasteiger partial charge < -0.3 is 5.11 Å². The molecule has 1 aliphatic rings. The third-order valence-corrected chi connectivity index (χ3v) is 2.95. The van der Waals surface area contributed by atoms with Gasteiger partial charge in [-0.05, 0) is 32.4 Å². The summed E-state index contributed by atoms with van der Waals surface area (Å²) in [4.78, 5) is 13.1. The molecular formula is C11H21NO2. The van der Waals surface area contributed by atoms with Crippen molar-refractivity contribution in [1.82, 2.24) is 4.90 Å². The van der Waals surface area contributed by atoms with Crippen LogP contribution in [0.15, 0.2) is 0 Å². The van der Waals surface area contributed by atoms with Crippen LogP contribution in [0, 0.1) is 0 Å². The lowest BCUT2D eigenvalue weighted by molar-refractivity contribution is -0.144. The summed E-state index contributed by atoms with van der Waals surface area (Å²) >= 11 is 0. The van der Waals surface area contributed by atoms with E-state index in [4.69, 9.17) is 5.11 Å². The van der Waals surface area contributed by atoms with Crippen molar-refractivity contribution in [3.8, 4) is 0 Å². The van der Waals surface area contributed by atoms with Crippen LogP contribution in [0.3, 0.4) is 0 Å². The van der Waals surface area contributed by atoms with Crippen molar-refractivity contribution in [3.63, 3.8) is 0 Å². The molecule has 0 amide bonds. The summed E-state index contributed by atoms with van der Waals surface area (Å²) in [5.41, 5.74) is 0. The molecule has 1 aliphatic heterocycles. The van der Waals surface area contributed by atoms with Crippen molar-refractivity contribution in [2.24, 2.45) is 0 Å². The van der Waals surface area contributed by atoms with Gasteiger partial charge in [0, 0.05) is 0 Å². The van der Waals surface area contributed by atoms with Crippen LogP contribution < -0.4 is 0 Å². The standard InChI is InChI=1S/C11H21NO2/c1-2-3-5-8-12-9-6-4-7-10(12)11(13)14/h10H,2-9H2,1H3,(H,13,14)/t10-/m1/s1. The van der Waals surface area contributed by atoms with Crippen LogP contribution in [-0.4, -0.2) is 35.1 Å². The summed E-state index contributed by atoms with van der Waals surface area (Å²) in [5, 5.41) is 9.02. The summed E-state index contributed by atoms with van der Waals surface area (Å²) in [5.74, 6) is -0.638. The van der Waals surface area contributed by atoms with Gasteiger partial charge in [-0.1, -0.05) is 26.2 Å². The molecule has 0 aromatic heterocycles. The molecule has 0 aromatic carbocycles. The van der Waals surface area contributed by atoms with Crippen LogP contribution in [0.1, 0.15) is 45.4 Å². The minimum Gasteiger partial charge on any atom is -0.480 e. The van der Waals surface area contributed by atoms with Gasteiger partial charge in [-0.3, -0.25) is 9.69 Å². The smallest absolute Gasteiger partial charge is 0.320 e. The topological polar surface area (TPSA) is 40.5 Å². The summed E-state index contributed by atoms with van der Waals surface area (Å²) < 4.78 is 0. The lowest BCUT2D eigenvalue weighted by Gasteiger charge is -2.32. The van der Waals surface area contributed by atoms with Gasteiger partial charge in [0.05, 0.1) is 0 Å². The molecular weight excluding hydrogens is 178 g/mol. The maximum Gasteiger partial charge on any atom is 0.320 e. The highest BCUT2D eigenvalue weighted by Crippen LogP contribution is 2.17. The van der Waals surface area contributed by atoms with E-state index < -0.39 is 5.97 Å². The lowest BCUT2D eigenvalue weighted by Crippen LogP contribution is -2.44. The van der Waals surface area contributed by atoms with E-state index in [9.17, 15) is 4.79 Å². The zero-order valence-electron chi connectivity index (χ0n) is 9.04. The van der Waals surface area contributed by atoms with Gasteiger partial charge in [-0.15, -0.1) is 0 Å². The fraction of sp³-hybridized carbons (Fsp3) is 0.909. The number of carboxylic acid groups (broad SMARTS) is 1. The highest BCUT2D eigenvalue weighted by Gasteiger charge is 2.27. The molecule has 1 N–H and O–H groups in total. The molecule has 1 heterocycles. The number of aliphatic carboxylic acids is 1. The minimum atomic E-state index is -0.638. The number of hydrogen-bond donors (Lipinski definition) is 1. The van der Waals surface area contributed by atoms with Gasteiger partial charge in [0.15, 0.2) is 0 Å². The Morgan fingerprint density at radius 3 is 2.86 bits per heavy atom. The number of unbranched alkanes of at least 4 members (excludes halogenated alkanes) is 2. The van der Waals surface area contributed by atoms with Crippen molar-refractivity contribution >= 4 is 5.97 Å². The molecule has 0 aliphatic carbocycles. The third-order valence-electron chi connectivity index (χ3n) is 2.95. The zero-order valence-corrected chi connectivity index (χ0v) is 9.04. The highest BCUT2D eigenvalue weighted by atomic mass is 16.4. The average molecular weight is 199 g/mol. The number of carboxylic acids is 1. The maximum absolute atomic E-state index is 11.0. The van der Waals surface area contributed by atoms with E-state index in [-0.39, 0.29) is 6.04 Å². The van der Waals surface area contributed by atoms with Crippen LogP contribution in [0.2, 0.25) is 0 Å². The van der Waals surface area contributed by atoms with Crippen LogP contribution in [0.4, 0.5) is 0 Å². The monoisotopic (exact) mass is 199 g/mol. The Hall–Kier alpha value is -0.570. The predicted molar refractivity (Wildman–Crippen MR) is 56.4 cm³/mol. The largest absolute Gasteiger partial charge is 0.480 e. The Balaban J connectivity index is 2.34. The number of piperidine rings is 1. The Bertz CT molecular complexity index is 182. The van der Waals surface area contributed by atoms with E-state index in [1.165, 1.54) is 12.8 Å². The molecule has 0 radical (unpaired) electrons. The molecule has 1 rings (SSSR count). The van der Waals surface area contributed by atoms with E-state index in [1.54, 1.807) is 0 Å². The molecule has 1 atom stereocenters. The molecule has 0 unspecified atom stereocenters. The SMILES string of the molecule is CCCCCN1CCCC[C@@H]1C(=O)O. The molecule has 3 heteroatoms. The summed E-state index contributed by atoms with van der Waals surface area (Å²) in [6, 6.07) is -0.208. The summed E-state index contributed by atoms with van der Waals surface area (Å²) in [6.45, 7) is 4.11. The van der Waals surface area contributed by atoms with Gasteiger partial charge in [0.2, 0.25) is 0 Å². The van der Waals surface area contributed by atoms with E-state index in [0.717, 1.165) is 38.8 Å². The second-order valence-corrected chi connectivity index (χ2v) is 4.09. The molecule has 82 valence electrons. The van der Waals surface area contributed by atoms with Crippen LogP contribution >= 0.6 is 0 Å². The number of likely N-dealkylation sites (tertiary alicyclic amines) is 1. The minimum absolute atomic E-state index is 0.208. The molecule has 0 bridgehead atoms. The number of rotatable bonds is 5. The van der Waals surface area contributed by atoms with Gasteiger partial charge in [0.25, 0.3) is 0 Å². The molecule has 1 saturated heterocycles.